The highest BCUT2D eigenvalue weighted by molar-refractivity contribution is 5.94. The topological polar surface area (TPSA) is 24.1 Å². The lowest BCUT2D eigenvalue weighted by atomic mass is 10.1. The molecule has 2 N–H and O–H groups in total. The number of benzene rings is 4. The molecule has 0 unspecified atom stereocenters. The first-order valence-corrected chi connectivity index (χ1v) is 8.35. The molecule has 0 aliphatic carbocycles. The van der Waals surface area contributed by atoms with Gasteiger partial charge in [0, 0.05) is 35.2 Å². The summed E-state index contributed by atoms with van der Waals surface area (Å²) < 4.78 is 0. The Bertz CT molecular complexity index is 884. The van der Waals surface area contributed by atoms with Gasteiger partial charge in [-0.25, -0.2) is 0 Å². The summed E-state index contributed by atoms with van der Waals surface area (Å²) in [5.41, 5.74) is 2.38. The Morgan fingerprint density at radius 1 is 0.458 bits per heavy atom. The molecule has 24 heavy (non-hydrogen) atoms. The molecule has 118 valence electrons. The quantitative estimate of drug-likeness (QED) is 0.474. The standard InChI is InChI=1S/C22H20N2/c1-3-11-19-17(7-1)9-5-13-21(19)23-15-16-24-22-14-6-10-18-8-2-4-12-20(18)22/h1-14,23-24H,15-16H2. The minimum atomic E-state index is 0.872. The number of fused-ring (bicyclic) bond motifs is 2. The van der Waals surface area contributed by atoms with Gasteiger partial charge in [-0.3, -0.25) is 0 Å². The van der Waals surface area contributed by atoms with Crippen LogP contribution in [-0.4, -0.2) is 13.1 Å². The second-order valence-corrected chi connectivity index (χ2v) is 5.91. The Balaban J connectivity index is 1.44. The number of hydrogen-bond donors (Lipinski definition) is 2. The van der Waals surface area contributed by atoms with Gasteiger partial charge in [-0.1, -0.05) is 72.8 Å². The van der Waals surface area contributed by atoms with E-state index in [2.05, 4.69) is 95.6 Å². The van der Waals surface area contributed by atoms with Crippen LogP contribution in [0, 0.1) is 0 Å². The fourth-order valence-corrected chi connectivity index (χ4v) is 3.15. The van der Waals surface area contributed by atoms with Gasteiger partial charge in [-0.2, -0.15) is 0 Å². The maximum Gasteiger partial charge on any atom is 0.0420 e. The zero-order chi connectivity index (χ0) is 16.2. The van der Waals surface area contributed by atoms with E-state index in [4.69, 9.17) is 0 Å². The van der Waals surface area contributed by atoms with Crippen molar-refractivity contribution in [1.29, 1.82) is 0 Å². The second kappa shape index (κ2) is 6.63. The third kappa shape index (κ3) is 2.91. The number of anilines is 2. The predicted octanol–water partition coefficient (Wildman–Crippen LogP) is 5.52. The van der Waals surface area contributed by atoms with Gasteiger partial charge >= 0.3 is 0 Å². The third-order valence-corrected chi connectivity index (χ3v) is 4.34. The highest BCUT2D eigenvalue weighted by atomic mass is 14.9. The van der Waals surface area contributed by atoms with Crippen LogP contribution < -0.4 is 10.6 Å². The first kappa shape index (κ1) is 14.6. The monoisotopic (exact) mass is 312 g/mol. The van der Waals surface area contributed by atoms with Gasteiger partial charge in [0.1, 0.15) is 0 Å². The SMILES string of the molecule is c1ccc2c(NCCNc3cccc4ccccc34)cccc2c1. The van der Waals surface area contributed by atoms with E-state index in [0.29, 0.717) is 0 Å². The van der Waals surface area contributed by atoms with E-state index in [1.54, 1.807) is 0 Å². The maximum absolute atomic E-state index is 3.54. The number of rotatable bonds is 5. The zero-order valence-electron chi connectivity index (χ0n) is 13.5. The molecule has 0 spiro atoms. The molecule has 0 radical (unpaired) electrons. The fraction of sp³-hybridized carbons (Fsp3) is 0.0909. The second-order valence-electron chi connectivity index (χ2n) is 5.91. The Kier molecular flexibility index (Phi) is 4.03. The number of hydrogen-bond acceptors (Lipinski definition) is 2. The maximum atomic E-state index is 3.54. The van der Waals surface area contributed by atoms with Gasteiger partial charge in [-0.05, 0) is 22.9 Å². The molecule has 4 rings (SSSR count). The Morgan fingerprint density at radius 2 is 0.875 bits per heavy atom. The van der Waals surface area contributed by atoms with Crippen molar-refractivity contribution in [1.82, 2.24) is 0 Å². The van der Waals surface area contributed by atoms with Crippen LogP contribution in [0.25, 0.3) is 21.5 Å². The van der Waals surface area contributed by atoms with Crippen molar-refractivity contribution in [2.24, 2.45) is 0 Å². The van der Waals surface area contributed by atoms with Gasteiger partial charge in [-0.15, -0.1) is 0 Å². The molecule has 4 aromatic carbocycles. The van der Waals surface area contributed by atoms with Crippen LogP contribution in [0.2, 0.25) is 0 Å². The fourth-order valence-electron chi connectivity index (χ4n) is 3.15. The van der Waals surface area contributed by atoms with E-state index in [-0.39, 0.29) is 0 Å². The highest BCUT2D eigenvalue weighted by Gasteiger charge is 2.01. The molecule has 0 aromatic heterocycles. The summed E-state index contributed by atoms with van der Waals surface area (Å²) in [6.07, 6.45) is 0. The largest absolute Gasteiger partial charge is 0.383 e. The van der Waals surface area contributed by atoms with Crippen LogP contribution >= 0.6 is 0 Å². The Hall–Kier alpha value is -3.00. The predicted molar refractivity (Wildman–Crippen MR) is 105 cm³/mol. The van der Waals surface area contributed by atoms with Crippen LogP contribution in [-0.2, 0) is 0 Å². The molecular weight excluding hydrogens is 292 g/mol. The summed E-state index contributed by atoms with van der Waals surface area (Å²) in [6.45, 7) is 1.74. The van der Waals surface area contributed by atoms with Gasteiger partial charge in [0.2, 0.25) is 0 Å². The van der Waals surface area contributed by atoms with Crippen LogP contribution in [0.5, 0.6) is 0 Å². The molecule has 2 heteroatoms. The van der Waals surface area contributed by atoms with E-state index in [0.717, 1.165) is 13.1 Å². The zero-order valence-corrected chi connectivity index (χ0v) is 13.5. The van der Waals surface area contributed by atoms with E-state index >= 15 is 0 Å². The Labute approximate surface area is 142 Å². The van der Waals surface area contributed by atoms with E-state index in [9.17, 15) is 0 Å². The van der Waals surface area contributed by atoms with Crippen molar-refractivity contribution in [3.63, 3.8) is 0 Å². The lowest BCUT2D eigenvalue weighted by molar-refractivity contribution is 1.08. The van der Waals surface area contributed by atoms with Crippen LogP contribution in [0.15, 0.2) is 84.9 Å². The van der Waals surface area contributed by atoms with Crippen molar-refractivity contribution in [2.45, 2.75) is 0 Å². The summed E-state index contributed by atoms with van der Waals surface area (Å²) in [7, 11) is 0. The molecular formula is C22H20N2. The molecule has 0 saturated carbocycles. The first-order chi connectivity index (χ1) is 11.9. The Morgan fingerprint density at radius 3 is 1.38 bits per heavy atom. The molecule has 4 aromatic rings. The highest BCUT2D eigenvalue weighted by Crippen LogP contribution is 2.24. The average molecular weight is 312 g/mol. The normalized spacial score (nSPS) is 10.8. The summed E-state index contributed by atoms with van der Waals surface area (Å²) in [5, 5.41) is 12.2. The molecule has 0 fully saturated rings. The van der Waals surface area contributed by atoms with E-state index in [1.165, 1.54) is 32.9 Å². The summed E-state index contributed by atoms with van der Waals surface area (Å²) in [6, 6.07) is 29.7. The first-order valence-electron chi connectivity index (χ1n) is 8.35. The van der Waals surface area contributed by atoms with Crippen molar-refractivity contribution in [2.75, 3.05) is 23.7 Å². The van der Waals surface area contributed by atoms with Crippen molar-refractivity contribution < 1.29 is 0 Å². The van der Waals surface area contributed by atoms with Gasteiger partial charge in [0.25, 0.3) is 0 Å². The van der Waals surface area contributed by atoms with Crippen molar-refractivity contribution in [3.8, 4) is 0 Å². The molecule has 0 aliphatic rings. The molecule has 0 bridgehead atoms. The smallest absolute Gasteiger partial charge is 0.0420 e. The molecule has 2 nitrogen and oxygen atoms in total. The minimum absolute atomic E-state index is 0.872. The lowest BCUT2D eigenvalue weighted by Crippen LogP contribution is -2.13. The lowest BCUT2D eigenvalue weighted by Gasteiger charge is -2.12. The van der Waals surface area contributed by atoms with Gasteiger partial charge in [0.15, 0.2) is 0 Å². The molecule has 0 aliphatic heterocycles. The summed E-state index contributed by atoms with van der Waals surface area (Å²) >= 11 is 0. The summed E-state index contributed by atoms with van der Waals surface area (Å²) in [5.74, 6) is 0. The van der Waals surface area contributed by atoms with Crippen LogP contribution in [0.3, 0.4) is 0 Å². The van der Waals surface area contributed by atoms with Gasteiger partial charge < -0.3 is 10.6 Å². The minimum Gasteiger partial charge on any atom is -0.383 e. The third-order valence-electron chi connectivity index (χ3n) is 4.34. The van der Waals surface area contributed by atoms with Crippen molar-refractivity contribution >= 4 is 32.9 Å². The molecule has 0 amide bonds. The molecule has 0 saturated heterocycles. The molecule has 0 atom stereocenters. The summed E-state index contributed by atoms with van der Waals surface area (Å²) in [4.78, 5) is 0. The van der Waals surface area contributed by atoms with E-state index in [1.807, 2.05) is 0 Å². The van der Waals surface area contributed by atoms with Crippen LogP contribution in [0.1, 0.15) is 0 Å². The molecule has 0 heterocycles. The van der Waals surface area contributed by atoms with Crippen LogP contribution in [0.4, 0.5) is 11.4 Å². The average Bonchev–Trinajstić information content (AvgIpc) is 2.65. The van der Waals surface area contributed by atoms with Crippen molar-refractivity contribution in [3.05, 3.63) is 84.9 Å². The van der Waals surface area contributed by atoms with E-state index < -0.39 is 0 Å². The number of nitrogens with one attached hydrogen (secondary N) is 2. The van der Waals surface area contributed by atoms with Gasteiger partial charge in [0.05, 0.1) is 0 Å².